The van der Waals surface area contributed by atoms with Crippen LogP contribution in [0.4, 0.5) is 15.9 Å². The molecule has 0 aliphatic heterocycles. The number of hydrogen-bond acceptors (Lipinski definition) is 3. The second-order valence-corrected chi connectivity index (χ2v) is 4.84. The number of anilines is 2. The molecule has 0 radical (unpaired) electrons. The number of para-hydroxylation sites is 1. The van der Waals surface area contributed by atoms with Gasteiger partial charge in [0.1, 0.15) is 18.0 Å². The number of nitrogens with one attached hydrogen (secondary N) is 1. The lowest BCUT2D eigenvalue weighted by atomic mass is 10.2. The Morgan fingerprint density at radius 1 is 1.05 bits per heavy atom. The van der Waals surface area contributed by atoms with Crippen molar-refractivity contribution in [3.05, 3.63) is 59.1 Å². The van der Waals surface area contributed by atoms with Gasteiger partial charge in [0, 0.05) is 9.86 Å². The van der Waals surface area contributed by atoms with Gasteiger partial charge in [-0.15, -0.1) is 0 Å². The van der Waals surface area contributed by atoms with Gasteiger partial charge in [0.2, 0.25) is 0 Å². The van der Waals surface area contributed by atoms with Crippen LogP contribution < -0.4 is 5.32 Å². The second-order valence-electron chi connectivity index (χ2n) is 3.99. The highest BCUT2D eigenvalue weighted by Crippen LogP contribution is 2.28. The van der Waals surface area contributed by atoms with Crippen molar-refractivity contribution in [1.82, 2.24) is 9.97 Å². The van der Waals surface area contributed by atoms with Crippen LogP contribution in [0, 0.1) is 5.82 Å². The lowest BCUT2D eigenvalue weighted by molar-refractivity contribution is 0.629. The van der Waals surface area contributed by atoms with Crippen LogP contribution in [0.5, 0.6) is 0 Å². The molecule has 1 aromatic heterocycles. The summed E-state index contributed by atoms with van der Waals surface area (Å²) in [6.07, 6.45) is 1.46. The van der Waals surface area contributed by atoms with Gasteiger partial charge in [-0.25, -0.2) is 14.4 Å². The summed E-state index contributed by atoms with van der Waals surface area (Å²) in [6, 6.07) is 12.1. The average molecular weight is 318 g/mol. The van der Waals surface area contributed by atoms with Gasteiger partial charge in [0.05, 0.1) is 11.2 Å². The molecule has 1 heterocycles. The maximum absolute atomic E-state index is 13.3. The van der Waals surface area contributed by atoms with Crippen LogP contribution in [0.3, 0.4) is 0 Å². The largest absolute Gasteiger partial charge is 0.339 e. The van der Waals surface area contributed by atoms with Crippen LogP contribution in [0.2, 0.25) is 0 Å². The molecule has 0 aliphatic carbocycles. The van der Waals surface area contributed by atoms with Crippen LogP contribution in [0.1, 0.15) is 0 Å². The van der Waals surface area contributed by atoms with E-state index in [2.05, 4.69) is 31.2 Å². The van der Waals surface area contributed by atoms with Gasteiger partial charge in [-0.2, -0.15) is 0 Å². The Kier molecular flexibility index (Phi) is 3.13. The molecule has 3 rings (SSSR count). The molecule has 3 aromatic rings. The van der Waals surface area contributed by atoms with E-state index in [1.165, 1.54) is 18.5 Å². The summed E-state index contributed by atoms with van der Waals surface area (Å²) >= 11 is 3.45. The van der Waals surface area contributed by atoms with Gasteiger partial charge in [-0.1, -0.05) is 12.1 Å². The van der Waals surface area contributed by atoms with E-state index >= 15 is 0 Å². The summed E-state index contributed by atoms with van der Waals surface area (Å²) in [5, 5.41) is 3.83. The van der Waals surface area contributed by atoms with Gasteiger partial charge >= 0.3 is 0 Å². The fraction of sp³-hybridized carbons (Fsp3) is 0. The Bertz CT molecular complexity index is 746. The van der Waals surface area contributed by atoms with Gasteiger partial charge < -0.3 is 5.32 Å². The highest BCUT2D eigenvalue weighted by atomic mass is 79.9. The van der Waals surface area contributed by atoms with Crippen LogP contribution in [-0.4, -0.2) is 9.97 Å². The summed E-state index contributed by atoms with van der Waals surface area (Å²) in [5.74, 6) is 0.272. The van der Waals surface area contributed by atoms with Crippen molar-refractivity contribution in [2.75, 3.05) is 5.32 Å². The van der Waals surface area contributed by atoms with Crippen LogP contribution in [0.15, 0.2) is 53.3 Å². The zero-order valence-electron chi connectivity index (χ0n) is 9.77. The van der Waals surface area contributed by atoms with Crippen LogP contribution in [0.25, 0.3) is 10.9 Å². The molecule has 0 saturated heterocycles. The van der Waals surface area contributed by atoms with E-state index in [1.54, 1.807) is 6.07 Å². The van der Waals surface area contributed by atoms with E-state index in [-0.39, 0.29) is 5.82 Å². The first kappa shape index (κ1) is 12.0. The van der Waals surface area contributed by atoms with Crippen molar-refractivity contribution in [3.63, 3.8) is 0 Å². The minimum absolute atomic E-state index is 0.308. The molecular weight excluding hydrogens is 309 g/mol. The first-order chi connectivity index (χ1) is 9.24. The third kappa shape index (κ3) is 2.42. The third-order valence-electron chi connectivity index (χ3n) is 2.72. The van der Waals surface area contributed by atoms with Crippen molar-refractivity contribution in [2.24, 2.45) is 0 Å². The molecule has 94 valence electrons. The number of aromatic nitrogens is 2. The zero-order chi connectivity index (χ0) is 13.2. The summed E-state index contributed by atoms with van der Waals surface area (Å²) < 4.78 is 14.3. The van der Waals surface area contributed by atoms with Crippen molar-refractivity contribution >= 4 is 38.3 Å². The number of rotatable bonds is 2. The van der Waals surface area contributed by atoms with E-state index in [9.17, 15) is 4.39 Å². The molecule has 0 spiro atoms. The van der Waals surface area contributed by atoms with E-state index in [4.69, 9.17) is 0 Å². The first-order valence-corrected chi connectivity index (χ1v) is 6.45. The lowest BCUT2D eigenvalue weighted by Crippen LogP contribution is -1.96. The van der Waals surface area contributed by atoms with Crippen molar-refractivity contribution in [3.8, 4) is 0 Å². The van der Waals surface area contributed by atoms with E-state index in [0.29, 0.717) is 16.7 Å². The lowest BCUT2D eigenvalue weighted by Gasteiger charge is -2.09. The topological polar surface area (TPSA) is 37.8 Å². The van der Waals surface area contributed by atoms with E-state index in [0.717, 1.165) is 10.2 Å². The fourth-order valence-electron chi connectivity index (χ4n) is 1.82. The summed E-state index contributed by atoms with van der Waals surface area (Å²) in [4.78, 5) is 8.29. The third-order valence-corrected chi connectivity index (χ3v) is 3.42. The zero-order valence-corrected chi connectivity index (χ0v) is 11.4. The number of benzene rings is 2. The standard InChI is InChI=1S/C14H9BrFN3/c15-11-3-1-2-4-13(11)19-14-10-7-9(16)5-6-12(10)17-8-18-14/h1-8H,(H,17,18,19). The molecule has 2 aromatic carbocycles. The Balaban J connectivity index is 2.10. The van der Waals surface area contributed by atoms with Crippen LogP contribution >= 0.6 is 15.9 Å². The van der Waals surface area contributed by atoms with E-state index < -0.39 is 0 Å². The molecule has 19 heavy (non-hydrogen) atoms. The molecule has 3 nitrogen and oxygen atoms in total. The van der Waals surface area contributed by atoms with Crippen LogP contribution in [-0.2, 0) is 0 Å². The molecule has 1 N–H and O–H groups in total. The maximum Gasteiger partial charge on any atom is 0.141 e. The molecule has 0 bridgehead atoms. The van der Waals surface area contributed by atoms with Crippen molar-refractivity contribution in [2.45, 2.75) is 0 Å². The fourth-order valence-corrected chi connectivity index (χ4v) is 2.20. The molecule has 0 atom stereocenters. The minimum atomic E-state index is -0.308. The molecule has 5 heteroatoms. The Morgan fingerprint density at radius 3 is 2.74 bits per heavy atom. The quantitative estimate of drug-likeness (QED) is 0.766. The number of nitrogens with zero attached hydrogens (tertiary/aromatic N) is 2. The summed E-state index contributed by atoms with van der Waals surface area (Å²) in [6.45, 7) is 0. The second kappa shape index (κ2) is 4.93. The van der Waals surface area contributed by atoms with Crippen molar-refractivity contribution in [1.29, 1.82) is 0 Å². The van der Waals surface area contributed by atoms with Gasteiger partial charge in [0.25, 0.3) is 0 Å². The normalized spacial score (nSPS) is 10.6. The van der Waals surface area contributed by atoms with Gasteiger partial charge in [0.15, 0.2) is 0 Å². The highest BCUT2D eigenvalue weighted by Gasteiger charge is 2.06. The maximum atomic E-state index is 13.3. The Hall–Kier alpha value is -2.01. The molecule has 0 amide bonds. The Morgan fingerprint density at radius 2 is 1.89 bits per heavy atom. The summed E-state index contributed by atoms with van der Waals surface area (Å²) in [7, 11) is 0. The summed E-state index contributed by atoms with van der Waals surface area (Å²) in [5.41, 5.74) is 1.57. The number of hydrogen-bond donors (Lipinski definition) is 1. The number of halogens is 2. The molecule has 0 unspecified atom stereocenters. The predicted molar refractivity (Wildman–Crippen MR) is 76.9 cm³/mol. The SMILES string of the molecule is Fc1ccc2ncnc(Nc3ccccc3Br)c2c1. The van der Waals surface area contributed by atoms with E-state index in [1.807, 2.05) is 24.3 Å². The van der Waals surface area contributed by atoms with Gasteiger partial charge in [-0.3, -0.25) is 0 Å². The predicted octanol–water partition coefficient (Wildman–Crippen LogP) is 4.28. The van der Waals surface area contributed by atoms with Crippen molar-refractivity contribution < 1.29 is 4.39 Å². The molecule has 0 fully saturated rings. The molecular formula is C14H9BrFN3. The van der Waals surface area contributed by atoms with Gasteiger partial charge in [-0.05, 0) is 46.3 Å². The molecule has 0 saturated carbocycles. The minimum Gasteiger partial charge on any atom is -0.339 e. The first-order valence-electron chi connectivity index (χ1n) is 5.66. The highest BCUT2D eigenvalue weighted by molar-refractivity contribution is 9.10. The Labute approximate surface area is 117 Å². The average Bonchev–Trinajstić information content (AvgIpc) is 2.42. The number of fused-ring (bicyclic) bond motifs is 1. The monoisotopic (exact) mass is 317 g/mol. The molecule has 0 aliphatic rings. The smallest absolute Gasteiger partial charge is 0.141 e.